The molecule has 108 valence electrons. The van der Waals surface area contributed by atoms with Crippen LogP contribution in [0.25, 0.3) is 0 Å². The summed E-state index contributed by atoms with van der Waals surface area (Å²) in [6, 6.07) is 5.47. The normalized spacial score (nSPS) is 17.9. The number of hydrogen-bond donors (Lipinski definition) is 2. The summed E-state index contributed by atoms with van der Waals surface area (Å²) in [5, 5.41) is 2.98. The van der Waals surface area contributed by atoms with Gasteiger partial charge in [0, 0.05) is 0 Å². The molecule has 0 radical (unpaired) electrons. The molecule has 0 saturated carbocycles. The SMILES string of the molecule is C=CCN=C1Nc2ccc(CCCC)cc2S(=O)(=O)N1. The van der Waals surface area contributed by atoms with Crippen molar-refractivity contribution in [1.29, 1.82) is 0 Å². The third-order valence-electron chi connectivity index (χ3n) is 3.02. The number of guanidine groups is 1. The van der Waals surface area contributed by atoms with Crippen molar-refractivity contribution in [1.82, 2.24) is 4.72 Å². The molecule has 2 N–H and O–H groups in total. The van der Waals surface area contributed by atoms with Crippen LogP contribution in [0.1, 0.15) is 25.3 Å². The summed E-state index contributed by atoms with van der Waals surface area (Å²) in [4.78, 5) is 4.35. The number of rotatable bonds is 5. The van der Waals surface area contributed by atoms with E-state index < -0.39 is 10.0 Å². The first kappa shape index (κ1) is 14.6. The molecule has 1 aromatic carbocycles. The van der Waals surface area contributed by atoms with E-state index >= 15 is 0 Å². The van der Waals surface area contributed by atoms with Crippen molar-refractivity contribution in [3.8, 4) is 0 Å². The van der Waals surface area contributed by atoms with Crippen molar-refractivity contribution >= 4 is 21.7 Å². The Morgan fingerprint density at radius 2 is 2.20 bits per heavy atom. The Kier molecular flexibility index (Phi) is 4.44. The topological polar surface area (TPSA) is 70.6 Å². The van der Waals surface area contributed by atoms with E-state index in [1.54, 1.807) is 18.2 Å². The number of benzene rings is 1. The van der Waals surface area contributed by atoms with Crippen molar-refractivity contribution in [3.05, 3.63) is 36.4 Å². The van der Waals surface area contributed by atoms with Gasteiger partial charge in [0.2, 0.25) is 5.96 Å². The largest absolute Gasteiger partial charge is 0.324 e. The van der Waals surface area contributed by atoms with Crippen molar-refractivity contribution in [2.75, 3.05) is 11.9 Å². The second-order valence-electron chi connectivity index (χ2n) is 4.64. The summed E-state index contributed by atoms with van der Waals surface area (Å²) in [5.41, 5.74) is 1.59. The molecule has 1 aromatic rings. The number of nitrogens with zero attached hydrogens (tertiary/aromatic N) is 1. The zero-order valence-corrected chi connectivity index (χ0v) is 12.3. The van der Waals surface area contributed by atoms with Crippen LogP contribution in [0.15, 0.2) is 40.7 Å². The molecule has 0 aromatic heterocycles. The maximum absolute atomic E-state index is 12.2. The molecule has 0 aliphatic carbocycles. The molecule has 0 atom stereocenters. The smallest absolute Gasteiger partial charge is 0.266 e. The minimum absolute atomic E-state index is 0.235. The number of anilines is 1. The third kappa shape index (κ3) is 3.19. The van der Waals surface area contributed by atoms with Gasteiger partial charge in [0.25, 0.3) is 10.0 Å². The van der Waals surface area contributed by atoms with E-state index in [2.05, 4.69) is 28.5 Å². The summed E-state index contributed by atoms with van der Waals surface area (Å²) in [7, 11) is -3.55. The summed E-state index contributed by atoms with van der Waals surface area (Å²) < 4.78 is 26.9. The van der Waals surface area contributed by atoms with Crippen molar-refractivity contribution in [2.24, 2.45) is 4.99 Å². The highest BCUT2D eigenvalue weighted by Crippen LogP contribution is 2.26. The van der Waals surface area contributed by atoms with E-state index in [1.807, 2.05) is 6.07 Å². The van der Waals surface area contributed by atoms with Crippen LogP contribution in [0.3, 0.4) is 0 Å². The van der Waals surface area contributed by atoms with Crippen molar-refractivity contribution in [3.63, 3.8) is 0 Å². The van der Waals surface area contributed by atoms with Gasteiger partial charge in [0.1, 0.15) is 4.90 Å². The lowest BCUT2D eigenvalue weighted by Crippen LogP contribution is -2.40. The lowest BCUT2D eigenvalue weighted by Gasteiger charge is -2.22. The van der Waals surface area contributed by atoms with E-state index in [0.29, 0.717) is 12.2 Å². The fourth-order valence-electron chi connectivity index (χ4n) is 1.99. The van der Waals surface area contributed by atoms with Gasteiger partial charge in [-0.3, -0.25) is 0 Å². The third-order valence-corrected chi connectivity index (χ3v) is 4.40. The Bertz CT molecular complexity index is 636. The molecule has 6 heteroatoms. The molecule has 0 saturated heterocycles. The standard InChI is InChI=1S/C14H19N3O2S/c1-3-5-6-11-7-8-12-13(10-11)20(18,19)17-14(16-12)15-9-4-2/h4,7-8,10H,2-3,5-6,9H2,1H3,(H2,15,16,17). The second kappa shape index (κ2) is 6.09. The van der Waals surface area contributed by atoms with Crippen LogP contribution in [-0.4, -0.2) is 20.9 Å². The van der Waals surface area contributed by atoms with Gasteiger partial charge in [-0.15, -0.1) is 6.58 Å². The predicted octanol–water partition coefficient (Wildman–Crippen LogP) is 2.27. The molecule has 1 aliphatic rings. The monoisotopic (exact) mass is 293 g/mol. The fraction of sp³-hybridized carbons (Fsp3) is 0.357. The van der Waals surface area contributed by atoms with Gasteiger partial charge in [-0.2, -0.15) is 0 Å². The molecule has 1 heterocycles. The maximum atomic E-state index is 12.2. The molecule has 0 unspecified atom stereocenters. The van der Waals surface area contributed by atoms with Gasteiger partial charge in [-0.1, -0.05) is 25.5 Å². The molecule has 2 rings (SSSR count). The number of hydrogen-bond acceptors (Lipinski definition) is 3. The number of unbranched alkanes of at least 4 members (excludes halogenated alkanes) is 1. The van der Waals surface area contributed by atoms with Crippen LogP contribution in [0.4, 0.5) is 5.69 Å². The molecule has 0 bridgehead atoms. The average molecular weight is 293 g/mol. The molecule has 5 nitrogen and oxygen atoms in total. The first-order valence-corrected chi connectivity index (χ1v) is 8.13. The number of nitrogens with one attached hydrogen (secondary N) is 2. The minimum atomic E-state index is -3.55. The van der Waals surface area contributed by atoms with Gasteiger partial charge >= 0.3 is 0 Å². The van der Waals surface area contributed by atoms with Crippen LogP contribution in [0, 0.1) is 0 Å². The highest BCUT2D eigenvalue weighted by molar-refractivity contribution is 7.90. The molecular weight excluding hydrogens is 274 g/mol. The number of aliphatic imine (C=N–C) groups is 1. The highest BCUT2D eigenvalue weighted by Gasteiger charge is 2.26. The van der Waals surface area contributed by atoms with Gasteiger partial charge in [0.15, 0.2) is 0 Å². The van der Waals surface area contributed by atoms with Gasteiger partial charge in [-0.25, -0.2) is 18.1 Å². The first-order chi connectivity index (χ1) is 9.56. The van der Waals surface area contributed by atoms with Gasteiger partial charge in [0.05, 0.1) is 12.2 Å². The first-order valence-electron chi connectivity index (χ1n) is 6.65. The summed E-state index contributed by atoms with van der Waals surface area (Å²) in [5.74, 6) is 0.235. The Morgan fingerprint density at radius 3 is 2.90 bits per heavy atom. The summed E-state index contributed by atoms with van der Waals surface area (Å²) in [6.07, 6.45) is 4.62. The molecule has 0 amide bonds. The fourth-order valence-corrected chi connectivity index (χ4v) is 3.19. The summed E-state index contributed by atoms with van der Waals surface area (Å²) in [6.45, 7) is 6.02. The number of sulfonamides is 1. The molecule has 1 aliphatic heterocycles. The molecule has 20 heavy (non-hydrogen) atoms. The van der Waals surface area contributed by atoms with Crippen LogP contribution >= 0.6 is 0 Å². The van der Waals surface area contributed by atoms with Gasteiger partial charge < -0.3 is 5.32 Å². The Labute approximate surface area is 119 Å². The van der Waals surface area contributed by atoms with E-state index in [4.69, 9.17) is 0 Å². The minimum Gasteiger partial charge on any atom is -0.324 e. The zero-order valence-electron chi connectivity index (χ0n) is 11.5. The van der Waals surface area contributed by atoms with Crippen LogP contribution in [0.2, 0.25) is 0 Å². The average Bonchev–Trinajstić information content (AvgIpc) is 2.42. The summed E-state index contributed by atoms with van der Waals surface area (Å²) >= 11 is 0. The Hall–Kier alpha value is -1.82. The van der Waals surface area contributed by atoms with Crippen molar-refractivity contribution in [2.45, 2.75) is 31.1 Å². The zero-order chi connectivity index (χ0) is 14.6. The van der Waals surface area contributed by atoms with Gasteiger partial charge in [-0.05, 0) is 30.5 Å². The number of aryl methyl sites for hydroxylation is 1. The van der Waals surface area contributed by atoms with E-state index in [0.717, 1.165) is 24.8 Å². The number of fused-ring (bicyclic) bond motifs is 1. The van der Waals surface area contributed by atoms with Crippen molar-refractivity contribution < 1.29 is 8.42 Å². The lowest BCUT2D eigenvalue weighted by molar-refractivity contribution is 0.591. The molecular formula is C14H19N3O2S. The van der Waals surface area contributed by atoms with Crippen LogP contribution < -0.4 is 10.0 Å². The molecule has 0 spiro atoms. The van der Waals surface area contributed by atoms with E-state index in [-0.39, 0.29) is 10.9 Å². The van der Waals surface area contributed by atoms with E-state index in [9.17, 15) is 8.42 Å². The van der Waals surface area contributed by atoms with Crippen LogP contribution in [0.5, 0.6) is 0 Å². The quantitative estimate of drug-likeness (QED) is 0.818. The van der Waals surface area contributed by atoms with E-state index in [1.165, 1.54) is 0 Å². The predicted molar refractivity (Wildman–Crippen MR) is 81.5 cm³/mol. The maximum Gasteiger partial charge on any atom is 0.266 e. The lowest BCUT2D eigenvalue weighted by atomic mass is 10.1. The van der Waals surface area contributed by atoms with Crippen LogP contribution in [-0.2, 0) is 16.4 Å². The Balaban J connectivity index is 2.34. The highest BCUT2D eigenvalue weighted by atomic mass is 32.2. The second-order valence-corrected chi connectivity index (χ2v) is 6.29. The molecule has 0 fully saturated rings. The Morgan fingerprint density at radius 1 is 1.40 bits per heavy atom.